The van der Waals surface area contributed by atoms with E-state index >= 15 is 0 Å². The van der Waals surface area contributed by atoms with Crippen molar-refractivity contribution >= 4 is 35.0 Å². The molecule has 1 aliphatic heterocycles. The summed E-state index contributed by atoms with van der Waals surface area (Å²) in [6.45, 7) is 3.99. The molecule has 0 atom stereocenters. The number of nitrogens with one attached hydrogen (secondary N) is 2. The lowest BCUT2D eigenvalue weighted by molar-refractivity contribution is -0.121. The summed E-state index contributed by atoms with van der Waals surface area (Å²) in [5.74, 6) is -2.02. The smallest absolute Gasteiger partial charge is 0.275 e. The topological polar surface area (TPSA) is 134 Å². The van der Waals surface area contributed by atoms with Gasteiger partial charge in [0, 0.05) is 38.1 Å². The number of halogens is 2. The number of imidazole rings is 1. The van der Waals surface area contributed by atoms with Crippen molar-refractivity contribution in [2.45, 2.75) is 31.7 Å². The average molecular weight is 521 g/mol. The van der Waals surface area contributed by atoms with E-state index in [-0.39, 0.29) is 40.2 Å². The van der Waals surface area contributed by atoms with Gasteiger partial charge in [-0.25, -0.2) is 9.37 Å². The summed E-state index contributed by atoms with van der Waals surface area (Å²) in [4.78, 5) is 48.8. The molecule has 0 radical (unpaired) electrons. The number of H-pyrrole nitrogens is 1. The zero-order valence-corrected chi connectivity index (χ0v) is 20.6. The van der Waals surface area contributed by atoms with E-state index < -0.39 is 11.7 Å². The van der Waals surface area contributed by atoms with Gasteiger partial charge in [-0.15, -0.1) is 0 Å². The second-order valence-electron chi connectivity index (χ2n) is 9.06. The van der Waals surface area contributed by atoms with Gasteiger partial charge < -0.3 is 25.7 Å². The number of aromatic amines is 1. The molecular formula is C24H30ClFN6O4. The Labute approximate surface area is 213 Å². The van der Waals surface area contributed by atoms with Crippen LogP contribution in [0.4, 0.5) is 10.1 Å². The second kappa shape index (κ2) is 11.8. The Morgan fingerprint density at radius 1 is 1.22 bits per heavy atom. The van der Waals surface area contributed by atoms with Crippen molar-refractivity contribution in [3.63, 3.8) is 0 Å². The van der Waals surface area contributed by atoms with Gasteiger partial charge in [0.25, 0.3) is 11.8 Å². The van der Waals surface area contributed by atoms with Crippen LogP contribution in [0.25, 0.3) is 0 Å². The van der Waals surface area contributed by atoms with E-state index in [0.717, 1.165) is 19.2 Å². The number of nitrogens with zero attached hydrogens (tertiary/aromatic N) is 3. The third-order valence-corrected chi connectivity index (χ3v) is 7.12. The molecule has 2 fully saturated rings. The fourth-order valence-electron chi connectivity index (χ4n) is 4.78. The summed E-state index contributed by atoms with van der Waals surface area (Å²) in [6, 6.07) is 3.72. The molecule has 0 unspecified atom stereocenters. The zero-order chi connectivity index (χ0) is 25.7. The number of aromatic nitrogens is 2. The van der Waals surface area contributed by atoms with E-state index in [1.165, 1.54) is 18.5 Å². The first-order valence-electron chi connectivity index (χ1n) is 12.0. The van der Waals surface area contributed by atoms with E-state index in [1.54, 1.807) is 4.90 Å². The van der Waals surface area contributed by atoms with E-state index in [9.17, 15) is 18.8 Å². The number of rotatable bonds is 8. The highest BCUT2D eigenvalue weighted by Crippen LogP contribution is 2.31. The van der Waals surface area contributed by atoms with Crippen molar-refractivity contribution < 1.29 is 23.5 Å². The average Bonchev–Trinajstić information content (AvgIpc) is 3.37. The molecular weight excluding hydrogens is 491 g/mol. The predicted octanol–water partition coefficient (Wildman–Crippen LogP) is 2.27. The highest BCUT2D eigenvalue weighted by Gasteiger charge is 2.34. The second-order valence-corrected chi connectivity index (χ2v) is 9.47. The van der Waals surface area contributed by atoms with Crippen LogP contribution in [0.15, 0.2) is 24.5 Å². The van der Waals surface area contributed by atoms with E-state index in [1.807, 2.05) is 0 Å². The first-order chi connectivity index (χ1) is 17.3. The van der Waals surface area contributed by atoms with Crippen molar-refractivity contribution in [1.82, 2.24) is 19.8 Å². The third kappa shape index (κ3) is 6.21. The Balaban J connectivity index is 1.42. The summed E-state index contributed by atoms with van der Waals surface area (Å²) in [6.07, 6.45) is 3.65. The molecule has 1 saturated carbocycles. The van der Waals surface area contributed by atoms with Gasteiger partial charge >= 0.3 is 0 Å². The van der Waals surface area contributed by atoms with Gasteiger partial charge in [-0.1, -0.05) is 11.6 Å². The van der Waals surface area contributed by atoms with Crippen LogP contribution in [0, 0.1) is 11.7 Å². The van der Waals surface area contributed by atoms with Crippen molar-refractivity contribution in [2.24, 2.45) is 11.7 Å². The van der Waals surface area contributed by atoms with Crippen molar-refractivity contribution in [2.75, 3.05) is 44.7 Å². The van der Waals surface area contributed by atoms with Crippen LogP contribution in [0.1, 0.15) is 46.7 Å². The Hall–Kier alpha value is -3.02. The third-order valence-electron chi connectivity index (χ3n) is 6.81. The van der Waals surface area contributed by atoms with Gasteiger partial charge in [0.1, 0.15) is 11.5 Å². The van der Waals surface area contributed by atoms with E-state index in [4.69, 9.17) is 22.1 Å². The van der Waals surface area contributed by atoms with E-state index in [0.29, 0.717) is 57.7 Å². The zero-order valence-electron chi connectivity index (χ0n) is 19.8. The van der Waals surface area contributed by atoms with Gasteiger partial charge in [0.15, 0.2) is 5.69 Å². The molecule has 4 rings (SSSR count). The number of hydrogen-bond donors (Lipinski definition) is 3. The van der Waals surface area contributed by atoms with Gasteiger partial charge in [0.05, 0.1) is 30.3 Å². The molecule has 3 amide bonds. The molecule has 0 spiro atoms. The lowest BCUT2D eigenvalue weighted by atomic mass is 9.84. The standard InChI is InChI=1S/C24H30ClFN6O4/c25-18-13-16(26)3-6-19(18)30-23(34)15-1-4-17(5-2-15)32(8-7-31-9-11-36-12-10-31)24(35)21-20(22(27)33)28-14-29-21/h3,6,13-15,17H,1-2,4-5,7-12H2,(H2,27,33)(H,28,29)(H,30,34)/t15-,17-. The SMILES string of the molecule is NC(=O)c1[nH]cnc1C(=O)N(CCN1CCOCC1)[C@H]1CC[C@H](C(=O)Nc2ccc(F)cc2Cl)CC1. The molecule has 1 saturated heterocycles. The van der Waals surface area contributed by atoms with Crippen LogP contribution in [-0.4, -0.2) is 82.9 Å². The number of ether oxygens (including phenoxy) is 1. The molecule has 1 aliphatic carbocycles. The maximum absolute atomic E-state index is 13.5. The summed E-state index contributed by atoms with van der Waals surface area (Å²) < 4.78 is 18.7. The largest absolute Gasteiger partial charge is 0.379 e. The minimum Gasteiger partial charge on any atom is -0.379 e. The fourth-order valence-corrected chi connectivity index (χ4v) is 4.99. The molecule has 2 aromatic rings. The number of benzene rings is 1. The van der Waals surface area contributed by atoms with Gasteiger partial charge in [-0.3, -0.25) is 19.3 Å². The number of nitrogens with two attached hydrogens (primary N) is 1. The quantitative estimate of drug-likeness (QED) is 0.489. The predicted molar refractivity (Wildman–Crippen MR) is 131 cm³/mol. The number of morpholine rings is 1. The van der Waals surface area contributed by atoms with Crippen LogP contribution >= 0.6 is 11.6 Å². The molecule has 194 valence electrons. The number of carbonyl (C=O) groups is 3. The van der Waals surface area contributed by atoms with Crippen LogP contribution in [0.2, 0.25) is 5.02 Å². The summed E-state index contributed by atoms with van der Waals surface area (Å²) in [5, 5.41) is 2.92. The minimum absolute atomic E-state index is 0.00953. The minimum atomic E-state index is -0.746. The fraction of sp³-hybridized carbons (Fsp3) is 0.500. The summed E-state index contributed by atoms with van der Waals surface area (Å²) in [7, 11) is 0. The van der Waals surface area contributed by atoms with Crippen molar-refractivity contribution in [3.8, 4) is 0 Å². The van der Waals surface area contributed by atoms with Crippen LogP contribution in [0.3, 0.4) is 0 Å². The number of primary amides is 1. The molecule has 4 N–H and O–H groups in total. The van der Waals surface area contributed by atoms with Crippen LogP contribution in [-0.2, 0) is 9.53 Å². The van der Waals surface area contributed by atoms with Crippen LogP contribution < -0.4 is 11.1 Å². The van der Waals surface area contributed by atoms with Crippen molar-refractivity contribution in [1.29, 1.82) is 0 Å². The number of anilines is 1. The van der Waals surface area contributed by atoms with Gasteiger partial charge in [-0.2, -0.15) is 0 Å². The Morgan fingerprint density at radius 2 is 1.94 bits per heavy atom. The van der Waals surface area contributed by atoms with Gasteiger partial charge in [0.2, 0.25) is 5.91 Å². The molecule has 0 bridgehead atoms. The Bertz CT molecular complexity index is 1100. The van der Waals surface area contributed by atoms with Crippen LogP contribution in [0.5, 0.6) is 0 Å². The molecule has 10 nitrogen and oxygen atoms in total. The lowest BCUT2D eigenvalue weighted by Crippen LogP contribution is -2.48. The lowest BCUT2D eigenvalue weighted by Gasteiger charge is -2.38. The normalized spacial score (nSPS) is 20.6. The Morgan fingerprint density at radius 3 is 2.61 bits per heavy atom. The van der Waals surface area contributed by atoms with Gasteiger partial charge in [-0.05, 0) is 43.9 Å². The first-order valence-corrected chi connectivity index (χ1v) is 12.4. The molecule has 2 heterocycles. The summed E-state index contributed by atoms with van der Waals surface area (Å²) >= 11 is 6.04. The molecule has 12 heteroatoms. The molecule has 1 aromatic carbocycles. The maximum Gasteiger partial charge on any atom is 0.275 e. The highest BCUT2D eigenvalue weighted by molar-refractivity contribution is 6.33. The molecule has 36 heavy (non-hydrogen) atoms. The number of amides is 3. The summed E-state index contributed by atoms with van der Waals surface area (Å²) in [5.41, 5.74) is 5.78. The molecule has 1 aromatic heterocycles. The maximum atomic E-state index is 13.5. The van der Waals surface area contributed by atoms with E-state index in [2.05, 4.69) is 20.2 Å². The number of hydrogen-bond acceptors (Lipinski definition) is 6. The number of carbonyl (C=O) groups excluding carboxylic acids is 3. The van der Waals surface area contributed by atoms with Crippen molar-refractivity contribution in [3.05, 3.63) is 46.8 Å². The first kappa shape index (κ1) is 26.1. The molecule has 2 aliphatic rings. The Kier molecular flexibility index (Phi) is 8.55. The highest BCUT2D eigenvalue weighted by atomic mass is 35.5. The monoisotopic (exact) mass is 520 g/mol.